The smallest absolute Gasteiger partial charge is 0.251 e. The third kappa shape index (κ3) is 4.99. The van der Waals surface area contributed by atoms with Gasteiger partial charge in [-0.05, 0) is 54.0 Å². The maximum Gasteiger partial charge on any atom is 0.251 e. The minimum Gasteiger partial charge on any atom is -0.348 e. The van der Waals surface area contributed by atoms with E-state index in [4.69, 9.17) is 0 Å². The molecule has 1 saturated heterocycles. The largest absolute Gasteiger partial charge is 0.348 e. The summed E-state index contributed by atoms with van der Waals surface area (Å²) in [5.74, 6) is -0.0477. The Morgan fingerprint density at radius 2 is 1.76 bits per heavy atom. The third-order valence-corrected chi connectivity index (χ3v) is 7.22. The Balaban J connectivity index is 1.73. The number of nitrogens with zero attached hydrogens (tertiary/aromatic N) is 1. The number of carbonyl (C=O) groups excluding carboxylic acids is 1. The summed E-state index contributed by atoms with van der Waals surface area (Å²) in [5.41, 5.74) is 4.29. The molecule has 1 aliphatic rings. The molecule has 29 heavy (non-hydrogen) atoms. The average molecular weight is 415 g/mol. The quantitative estimate of drug-likeness (QED) is 0.817. The number of aryl methyl sites for hydroxylation is 1. The minimum absolute atomic E-state index is 0.0921. The van der Waals surface area contributed by atoms with Gasteiger partial charge in [-0.15, -0.1) is 0 Å². The Hall–Kier alpha value is -2.34. The molecular weight excluding hydrogens is 384 g/mol. The molecule has 1 heterocycles. The summed E-state index contributed by atoms with van der Waals surface area (Å²) in [4.78, 5) is 12.7. The van der Waals surface area contributed by atoms with Crippen molar-refractivity contribution in [3.8, 4) is 0 Å². The zero-order valence-electron chi connectivity index (χ0n) is 17.7. The van der Waals surface area contributed by atoms with Gasteiger partial charge in [0, 0.05) is 18.7 Å². The molecule has 0 bridgehead atoms. The average Bonchev–Trinajstić information content (AvgIpc) is 2.66. The van der Waals surface area contributed by atoms with E-state index >= 15 is 0 Å². The predicted molar refractivity (Wildman–Crippen MR) is 118 cm³/mol. The number of carbonyl (C=O) groups is 1. The van der Waals surface area contributed by atoms with Crippen molar-refractivity contribution in [3.05, 3.63) is 64.7 Å². The van der Waals surface area contributed by atoms with Gasteiger partial charge >= 0.3 is 0 Å². The summed E-state index contributed by atoms with van der Waals surface area (Å²) in [6, 6.07) is 13.5. The van der Waals surface area contributed by atoms with Crippen molar-refractivity contribution >= 4 is 21.6 Å². The summed E-state index contributed by atoms with van der Waals surface area (Å²) in [6.07, 6.45) is 1.52. The van der Waals surface area contributed by atoms with Crippen molar-refractivity contribution in [1.82, 2.24) is 5.32 Å². The fraction of sp³-hybridized carbons (Fsp3) is 0.435. The summed E-state index contributed by atoms with van der Waals surface area (Å²) in [5, 5.41) is 2.94. The lowest BCUT2D eigenvalue weighted by Gasteiger charge is -2.29. The Labute approximate surface area is 174 Å². The van der Waals surface area contributed by atoms with Gasteiger partial charge in [-0.2, -0.15) is 0 Å². The molecule has 0 aliphatic carbocycles. The van der Waals surface area contributed by atoms with E-state index in [0.29, 0.717) is 30.8 Å². The van der Waals surface area contributed by atoms with E-state index in [1.807, 2.05) is 25.1 Å². The molecule has 6 heteroatoms. The van der Waals surface area contributed by atoms with Crippen LogP contribution in [0.15, 0.2) is 42.5 Å². The second-order valence-electron chi connectivity index (χ2n) is 8.73. The number of rotatable bonds is 4. The lowest BCUT2D eigenvalue weighted by Crippen LogP contribution is -2.38. The number of anilines is 1. The molecule has 0 atom stereocenters. The molecule has 0 aromatic heterocycles. The maximum atomic E-state index is 12.7. The number of hydrogen-bond donors (Lipinski definition) is 1. The number of benzene rings is 2. The van der Waals surface area contributed by atoms with Crippen LogP contribution in [0, 0.1) is 6.92 Å². The van der Waals surface area contributed by atoms with Gasteiger partial charge in [0.2, 0.25) is 10.0 Å². The van der Waals surface area contributed by atoms with Crippen molar-refractivity contribution in [3.63, 3.8) is 0 Å². The fourth-order valence-electron chi connectivity index (χ4n) is 3.49. The zero-order valence-corrected chi connectivity index (χ0v) is 18.5. The van der Waals surface area contributed by atoms with Crippen LogP contribution in [0.3, 0.4) is 0 Å². The summed E-state index contributed by atoms with van der Waals surface area (Å²) < 4.78 is 26.4. The molecule has 0 saturated carbocycles. The molecule has 1 amide bonds. The van der Waals surface area contributed by atoms with Gasteiger partial charge in [-0.1, -0.05) is 51.1 Å². The summed E-state index contributed by atoms with van der Waals surface area (Å²) >= 11 is 0. The first-order valence-corrected chi connectivity index (χ1v) is 11.7. The second-order valence-corrected chi connectivity index (χ2v) is 10.7. The van der Waals surface area contributed by atoms with Gasteiger partial charge in [-0.3, -0.25) is 9.10 Å². The van der Waals surface area contributed by atoms with Crippen LogP contribution in [-0.4, -0.2) is 26.6 Å². The molecule has 1 N–H and O–H groups in total. The minimum atomic E-state index is -3.31. The molecule has 1 aliphatic heterocycles. The van der Waals surface area contributed by atoms with Crippen molar-refractivity contribution in [1.29, 1.82) is 0 Å². The van der Waals surface area contributed by atoms with Crippen molar-refractivity contribution in [2.24, 2.45) is 0 Å². The van der Waals surface area contributed by atoms with Crippen molar-refractivity contribution < 1.29 is 13.2 Å². The van der Waals surface area contributed by atoms with E-state index in [-0.39, 0.29) is 17.1 Å². The summed E-state index contributed by atoms with van der Waals surface area (Å²) in [7, 11) is -3.31. The third-order valence-electron chi connectivity index (χ3n) is 5.36. The fourth-order valence-corrected chi connectivity index (χ4v) is 5.18. The van der Waals surface area contributed by atoms with Crippen LogP contribution in [0.5, 0.6) is 0 Å². The number of nitrogens with one attached hydrogen (secondary N) is 1. The van der Waals surface area contributed by atoms with Crippen LogP contribution in [0.1, 0.15) is 60.7 Å². The predicted octanol–water partition coefficient (Wildman–Crippen LogP) is 4.15. The highest BCUT2D eigenvalue weighted by Crippen LogP contribution is 2.28. The van der Waals surface area contributed by atoms with Gasteiger partial charge in [0.15, 0.2) is 0 Å². The van der Waals surface area contributed by atoms with Gasteiger partial charge in [0.05, 0.1) is 11.4 Å². The Morgan fingerprint density at radius 3 is 2.38 bits per heavy atom. The molecular formula is C23H30N2O3S. The molecule has 156 valence electrons. The van der Waals surface area contributed by atoms with Gasteiger partial charge < -0.3 is 5.32 Å². The van der Waals surface area contributed by atoms with E-state index < -0.39 is 10.0 Å². The first-order valence-electron chi connectivity index (χ1n) is 10.1. The van der Waals surface area contributed by atoms with E-state index in [1.54, 1.807) is 12.1 Å². The first kappa shape index (κ1) is 21.4. The highest BCUT2D eigenvalue weighted by atomic mass is 32.2. The molecule has 0 unspecified atom stereocenters. The summed E-state index contributed by atoms with van der Waals surface area (Å²) in [6.45, 7) is 9.27. The normalized spacial score (nSPS) is 16.5. The number of amides is 1. The van der Waals surface area contributed by atoms with Crippen LogP contribution in [-0.2, 0) is 22.0 Å². The Bertz CT molecular complexity index is 990. The van der Waals surface area contributed by atoms with Crippen LogP contribution >= 0.6 is 0 Å². The number of sulfonamides is 1. The molecule has 1 fully saturated rings. The van der Waals surface area contributed by atoms with Gasteiger partial charge in [-0.25, -0.2) is 8.42 Å². The second kappa shape index (κ2) is 8.19. The van der Waals surface area contributed by atoms with Crippen LogP contribution < -0.4 is 9.62 Å². The van der Waals surface area contributed by atoms with Crippen LogP contribution in [0.2, 0.25) is 0 Å². The van der Waals surface area contributed by atoms with E-state index in [2.05, 4.69) is 38.2 Å². The van der Waals surface area contributed by atoms with Gasteiger partial charge in [0.25, 0.3) is 5.91 Å². The molecule has 3 rings (SSSR count). The molecule has 2 aromatic rings. The van der Waals surface area contributed by atoms with E-state index in [9.17, 15) is 13.2 Å². The molecule has 0 radical (unpaired) electrons. The monoisotopic (exact) mass is 414 g/mol. The van der Waals surface area contributed by atoms with Crippen molar-refractivity contribution in [2.45, 2.75) is 52.5 Å². The van der Waals surface area contributed by atoms with E-state index in [0.717, 1.165) is 17.5 Å². The Kier molecular flexibility index (Phi) is 6.03. The topological polar surface area (TPSA) is 66.5 Å². The lowest BCUT2D eigenvalue weighted by atomic mass is 9.87. The SMILES string of the molecule is Cc1ccc(C(=O)NCc2ccc(C(C)(C)C)cc2)cc1N1CCCCS1(=O)=O. The van der Waals surface area contributed by atoms with Crippen LogP contribution in [0.4, 0.5) is 5.69 Å². The van der Waals surface area contributed by atoms with Crippen molar-refractivity contribution in [2.75, 3.05) is 16.6 Å². The highest BCUT2D eigenvalue weighted by molar-refractivity contribution is 7.92. The van der Waals surface area contributed by atoms with Gasteiger partial charge in [0.1, 0.15) is 0 Å². The molecule has 2 aromatic carbocycles. The zero-order chi connectivity index (χ0) is 21.2. The van der Waals surface area contributed by atoms with E-state index in [1.165, 1.54) is 9.87 Å². The molecule has 5 nitrogen and oxygen atoms in total. The first-order chi connectivity index (χ1) is 13.6. The molecule has 0 spiro atoms. The highest BCUT2D eigenvalue weighted by Gasteiger charge is 2.27. The van der Waals surface area contributed by atoms with Crippen LogP contribution in [0.25, 0.3) is 0 Å². The number of hydrogen-bond acceptors (Lipinski definition) is 3. The standard InChI is InChI=1S/C23H30N2O3S/c1-17-7-10-19(15-21(17)25-13-5-6-14-29(25,27)28)22(26)24-16-18-8-11-20(12-9-18)23(2,3)4/h7-12,15H,5-6,13-14,16H2,1-4H3,(H,24,26). The lowest BCUT2D eigenvalue weighted by molar-refractivity contribution is 0.0951. The Morgan fingerprint density at radius 1 is 1.07 bits per heavy atom. The maximum absolute atomic E-state index is 12.7.